The van der Waals surface area contributed by atoms with Gasteiger partial charge in [0.05, 0.1) is 10.5 Å². The second kappa shape index (κ2) is 5.54. The van der Waals surface area contributed by atoms with Gasteiger partial charge in [0, 0.05) is 24.1 Å². The van der Waals surface area contributed by atoms with Crippen LogP contribution in [0.1, 0.15) is 34.0 Å². The van der Waals surface area contributed by atoms with Crippen molar-refractivity contribution in [3.63, 3.8) is 0 Å². The van der Waals surface area contributed by atoms with E-state index in [0.29, 0.717) is 12.1 Å². The fraction of sp³-hybridized carbons (Fsp3) is 0.222. The molecule has 0 radical (unpaired) electrons. The highest BCUT2D eigenvalue weighted by Crippen LogP contribution is 2.60. The van der Waals surface area contributed by atoms with Gasteiger partial charge in [-0.25, -0.2) is 0 Å². The Bertz CT molecular complexity index is 1120. The predicted octanol–water partition coefficient (Wildman–Crippen LogP) is 2.38. The van der Waals surface area contributed by atoms with E-state index < -0.39 is 56.7 Å². The van der Waals surface area contributed by atoms with Crippen molar-refractivity contribution >= 4 is 17.4 Å². The minimum absolute atomic E-state index is 0.237. The molecule has 1 aliphatic heterocycles. The van der Waals surface area contributed by atoms with Gasteiger partial charge in [0.25, 0.3) is 11.5 Å². The molecule has 1 heterocycles. The Kier molecular flexibility index (Phi) is 3.60. The zero-order valence-corrected chi connectivity index (χ0v) is 14.5. The maximum Gasteiger partial charge on any atom is 0.416 e. The number of carbonyl (C=O) groups excluding carboxylic acids is 2. The molecule has 0 saturated carbocycles. The third-order valence-electron chi connectivity index (χ3n) is 5.01. The van der Waals surface area contributed by atoms with E-state index in [2.05, 4.69) is 5.32 Å². The highest BCUT2D eigenvalue weighted by atomic mass is 19.4. The highest BCUT2D eigenvalue weighted by Gasteiger charge is 2.73. The molecule has 0 spiro atoms. The lowest BCUT2D eigenvalue weighted by Gasteiger charge is -2.33. The van der Waals surface area contributed by atoms with Crippen LogP contribution in [0.25, 0.3) is 0 Å². The maximum absolute atomic E-state index is 13.3. The van der Waals surface area contributed by atoms with E-state index in [1.807, 2.05) is 0 Å². The average molecular weight is 408 g/mol. The molecule has 1 aliphatic carbocycles. The number of benzene rings is 2. The second-order valence-electron chi connectivity index (χ2n) is 6.67. The fourth-order valence-corrected chi connectivity index (χ4v) is 3.94. The van der Waals surface area contributed by atoms with Crippen molar-refractivity contribution in [2.24, 2.45) is 0 Å². The summed E-state index contributed by atoms with van der Waals surface area (Å²) in [6.45, 7) is 1.03. The second-order valence-corrected chi connectivity index (χ2v) is 6.67. The van der Waals surface area contributed by atoms with Crippen molar-refractivity contribution in [3.05, 3.63) is 68.8 Å². The van der Waals surface area contributed by atoms with Crippen molar-refractivity contribution in [2.75, 3.05) is 0 Å². The molecule has 0 bridgehead atoms. The molecule has 1 amide bonds. The maximum atomic E-state index is 13.3. The molecule has 8 nitrogen and oxygen atoms in total. The Morgan fingerprint density at radius 2 is 1.97 bits per heavy atom. The SMILES string of the molecule is CC(=O)NC12C(=O)c3cccc([N+](=O)[O-])c3C1(O)Oc1cc(C(F)(F)F)ccc12. The Labute approximate surface area is 160 Å². The Balaban J connectivity index is 2.05. The fourth-order valence-electron chi connectivity index (χ4n) is 3.94. The van der Waals surface area contributed by atoms with E-state index in [1.54, 1.807) is 0 Å². The molecule has 150 valence electrons. The first-order valence-corrected chi connectivity index (χ1v) is 8.18. The largest absolute Gasteiger partial charge is 0.454 e. The lowest BCUT2D eigenvalue weighted by Crippen LogP contribution is -2.59. The molecule has 0 fully saturated rings. The number of hydrogen-bond acceptors (Lipinski definition) is 6. The number of carbonyl (C=O) groups is 2. The lowest BCUT2D eigenvalue weighted by atomic mass is 9.82. The molecular weight excluding hydrogens is 397 g/mol. The van der Waals surface area contributed by atoms with Crippen LogP contribution in [0.4, 0.5) is 18.9 Å². The van der Waals surface area contributed by atoms with Crippen LogP contribution in [-0.2, 0) is 22.3 Å². The van der Waals surface area contributed by atoms with Crippen molar-refractivity contribution in [1.82, 2.24) is 5.32 Å². The van der Waals surface area contributed by atoms with E-state index in [9.17, 15) is 38.0 Å². The number of nitro benzene ring substituents is 1. The summed E-state index contributed by atoms with van der Waals surface area (Å²) in [5.41, 5.74) is -5.21. The first kappa shape index (κ1) is 18.9. The van der Waals surface area contributed by atoms with Gasteiger partial charge in [-0.3, -0.25) is 19.7 Å². The number of nitro groups is 1. The lowest BCUT2D eigenvalue weighted by molar-refractivity contribution is -0.388. The van der Waals surface area contributed by atoms with E-state index in [4.69, 9.17) is 4.74 Å². The minimum Gasteiger partial charge on any atom is -0.454 e. The number of halogens is 3. The van der Waals surface area contributed by atoms with Gasteiger partial charge in [-0.1, -0.05) is 18.2 Å². The summed E-state index contributed by atoms with van der Waals surface area (Å²) < 4.78 is 44.6. The molecule has 2 N–H and O–H groups in total. The van der Waals surface area contributed by atoms with E-state index in [-0.39, 0.29) is 11.1 Å². The Hall–Kier alpha value is -3.47. The number of alkyl halides is 3. The van der Waals surface area contributed by atoms with Gasteiger partial charge >= 0.3 is 6.18 Å². The first-order chi connectivity index (χ1) is 13.4. The molecular formula is C18H11F3N2O6. The van der Waals surface area contributed by atoms with Gasteiger partial charge in [0.2, 0.25) is 17.2 Å². The zero-order chi connectivity index (χ0) is 21.4. The number of ether oxygens (including phenoxy) is 1. The normalized spacial score (nSPS) is 24.4. The number of fused-ring (bicyclic) bond motifs is 5. The molecule has 4 rings (SSSR count). The number of hydrogen-bond donors (Lipinski definition) is 2. The quantitative estimate of drug-likeness (QED) is 0.582. The average Bonchev–Trinajstić information content (AvgIpc) is 2.97. The number of nitrogens with zero attached hydrogens (tertiary/aromatic N) is 1. The van der Waals surface area contributed by atoms with Crippen molar-refractivity contribution in [3.8, 4) is 5.75 Å². The molecule has 2 unspecified atom stereocenters. The van der Waals surface area contributed by atoms with Gasteiger partial charge in [-0.15, -0.1) is 0 Å². The third kappa shape index (κ3) is 2.24. The third-order valence-corrected chi connectivity index (χ3v) is 5.01. The first-order valence-electron chi connectivity index (χ1n) is 8.18. The van der Waals surface area contributed by atoms with Gasteiger partial charge in [-0.2, -0.15) is 13.2 Å². The Morgan fingerprint density at radius 3 is 2.55 bits per heavy atom. The van der Waals surface area contributed by atoms with Crippen LogP contribution >= 0.6 is 0 Å². The predicted molar refractivity (Wildman–Crippen MR) is 88.9 cm³/mol. The molecule has 2 atom stereocenters. The van der Waals surface area contributed by atoms with Gasteiger partial charge in [-0.05, 0) is 12.1 Å². The van der Waals surface area contributed by atoms with Gasteiger partial charge < -0.3 is 15.2 Å². The number of nitrogens with one attached hydrogen (secondary N) is 1. The summed E-state index contributed by atoms with van der Waals surface area (Å²) >= 11 is 0. The van der Waals surface area contributed by atoms with Crippen molar-refractivity contribution in [2.45, 2.75) is 24.4 Å². The van der Waals surface area contributed by atoms with Crippen LogP contribution in [0.15, 0.2) is 36.4 Å². The highest BCUT2D eigenvalue weighted by molar-refractivity contribution is 6.13. The smallest absolute Gasteiger partial charge is 0.416 e. The van der Waals surface area contributed by atoms with Crippen LogP contribution in [0.5, 0.6) is 5.75 Å². The summed E-state index contributed by atoms with van der Waals surface area (Å²) in [7, 11) is 0. The molecule has 2 aromatic rings. The Morgan fingerprint density at radius 1 is 1.28 bits per heavy atom. The van der Waals surface area contributed by atoms with E-state index in [1.165, 1.54) is 12.1 Å². The van der Waals surface area contributed by atoms with Crippen molar-refractivity contribution in [1.29, 1.82) is 0 Å². The molecule has 0 saturated heterocycles. The van der Waals surface area contributed by atoms with E-state index in [0.717, 1.165) is 19.1 Å². The molecule has 29 heavy (non-hydrogen) atoms. The zero-order valence-electron chi connectivity index (χ0n) is 14.5. The van der Waals surface area contributed by atoms with Crippen LogP contribution in [0.3, 0.4) is 0 Å². The molecule has 11 heteroatoms. The summed E-state index contributed by atoms with van der Waals surface area (Å²) in [4.78, 5) is 35.8. The van der Waals surface area contributed by atoms with Crippen LogP contribution < -0.4 is 10.1 Å². The number of amides is 1. The van der Waals surface area contributed by atoms with Crippen molar-refractivity contribution < 1.29 is 37.5 Å². The van der Waals surface area contributed by atoms with Crippen LogP contribution in [0, 0.1) is 10.1 Å². The number of ketones is 1. The van der Waals surface area contributed by atoms with Gasteiger partial charge in [0.1, 0.15) is 11.3 Å². The number of aliphatic hydroxyl groups is 1. The summed E-state index contributed by atoms with van der Waals surface area (Å²) in [6, 6.07) is 5.58. The number of Topliss-reactive ketones (excluding diaryl/α,β-unsaturated/α-hetero) is 1. The van der Waals surface area contributed by atoms with E-state index >= 15 is 0 Å². The monoisotopic (exact) mass is 408 g/mol. The number of rotatable bonds is 2. The van der Waals surface area contributed by atoms with Crippen LogP contribution in [0.2, 0.25) is 0 Å². The molecule has 2 aromatic carbocycles. The molecule has 2 aliphatic rings. The summed E-state index contributed by atoms with van der Waals surface area (Å²) in [6.07, 6.45) is -4.74. The van der Waals surface area contributed by atoms with Crippen LogP contribution in [-0.4, -0.2) is 21.7 Å². The minimum atomic E-state index is -4.74. The standard InChI is InChI=1S/C18H11F3N2O6/c1-8(24)22-16-11-6-5-9(18(19,20)21)7-13(11)29-17(16,26)14-10(15(16)25)3-2-4-12(14)23(27)28/h2-7,26H,1H3,(H,22,24). The van der Waals surface area contributed by atoms with Gasteiger partial charge in [0.15, 0.2) is 0 Å². The molecule has 0 aromatic heterocycles. The topological polar surface area (TPSA) is 119 Å². The summed E-state index contributed by atoms with van der Waals surface area (Å²) in [5.74, 6) is -5.06. The summed E-state index contributed by atoms with van der Waals surface area (Å²) in [5, 5.41) is 25.1.